The summed E-state index contributed by atoms with van der Waals surface area (Å²) >= 11 is 0. The Labute approximate surface area is 75.7 Å². The fraction of sp³-hybridized carbons (Fsp3) is 0.273. The van der Waals surface area contributed by atoms with Gasteiger partial charge in [0, 0.05) is 0 Å². The van der Waals surface area contributed by atoms with E-state index in [1.807, 2.05) is 0 Å². The van der Waals surface area contributed by atoms with E-state index >= 15 is 0 Å². The molecule has 12 heavy (non-hydrogen) atoms. The molecule has 0 rings (SSSR count). The van der Waals surface area contributed by atoms with Crippen molar-refractivity contribution in [3.63, 3.8) is 0 Å². The van der Waals surface area contributed by atoms with Crippen molar-refractivity contribution in [3.05, 3.63) is 49.8 Å². The van der Waals surface area contributed by atoms with Gasteiger partial charge in [0.05, 0.1) is 13.4 Å². The molecule has 0 aliphatic heterocycles. The monoisotopic (exact) mass is 166 g/mol. The summed E-state index contributed by atoms with van der Waals surface area (Å²) in [7, 11) is 1.60. The average molecular weight is 166 g/mol. The van der Waals surface area contributed by atoms with Crippen LogP contribution in [-0.2, 0) is 4.74 Å². The van der Waals surface area contributed by atoms with Gasteiger partial charge in [0.15, 0.2) is 0 Å². The van der Waals surface area contributed by atoms with Crippen LogP contribution in [0.15, 0.2) is 49.8 Å². The number of hydrogen-bond acceptors (Lipinski definition) is 1. The normalized spacial score (nSPS) is 8.17. The molecule has 0 radical (unpaired) electrons. The predicted molar refractivity (Wildman–Crippen MR) is 56.0 cm³/mol. The first kappa shape index (κ1) is 13.4. The number of ether oxygens (including phenoxy) is 1. The molecular formula is C11H18O. The molecule has 0 bridgehead atoms. The first-order valence-corrected chi connectivity index (χ1v) is 3.83. The van der Waals surface area contributed by atoms with E-state index in [4.69, 9.17) is 0 Å². The van der Waals surface area contributed by atoms with Crippen molar-refractivity contribution in [1.82, 2.24) is 0 Å². The third-order valence-corrected chi connectivity index (χ3v) is 1.09. The first-order chi connectivity index (χ1) is 5.72. The Bertz CT molecular complexity index is 154. The van der Waals surface area contributed by atoms with Gasteiger partial charge in [-0.25, -0.2) is 0 Å². The Morgan fingerprint density at radius 3 is 2.08 bits per heavy atom. The van der Waals surface area contributed by atoms with Crippen molar-refractivity contribution in [3.8, 4) is 0 Å². The van der Waals surface area contributed by atoms with Crippen LogP contribution in [0.2, 0.25) is 0 Å². The summed E-state index contributed by atoms with van der Waals surface area (Å²) in [4.78, 5) is 0. The maximum absolute atomic E-state index is 4.53. The van der Waals surface area contributed by atoms with Gasteiger partial charge in [0.2, 0.25) is 0 Å². The van der Waals surface area contributed by atoms with Crippen molar-refractivity contribution < 1.29 is 4.74 Å². The van der Waals surface area contributed by atoms with Gasteiger partial charge in [-0.1, -0.05) is 44.4 Å². The van der Waals surface area contributed by atoms with Crippen molar-refractivity contribution in [2.24, 2.45) is 0 Å². The summed E-state index contributed by atoms with van der Waals surface area (Å²) < 4.78 is 4.53. The Hall–Kier alpha value is -1.24. The smallest absolute Gasteiger partial charge is 0.0824 e. The number of rotatable bonds is 4. The van der Waals surface area contributed by atoms with Crippen LogP contribution in [0.4, 0.5) is 0 Å². The molecule has 0 unspecified atom stereocenters. The third kappa shape index (κ3) is 15.9. The van der Waals surface area contributed by atoms with E-state index in [0.717, 1.165) is 12.0 Å². The molecule has 0 aromatic heterocycles. The van der Waals surface area contributed by atoms with Crippen LogP contribution in [0.3, 0.4) is 0 Å². The van der Waals surface area contributed by atoms with Gasteiger partial charge in [-0.3, -0.25) is 0 Å². The molecule has 0 saturated carbocycles. The molecule has 1 heteroatoms. The fourth-order valence-corrected chi connectivity index (χ4v) is 0.278. The zero-order valence-electron chi connectivity index (χ0n) is 8.05. The lowest BCUT2D eigenvalue weighted by molar-refractivity contribution is 0.338. The van der Waals surface area contributed by atoms with Crippen LogP contribution in [0.5, 0.6) is 0 Å². The SMILES string of the molecule is C=CC(=C)CC.C=CC=COC. The fourth-order valence-electron chi connectivity index (χ4n) is 0.278. The summed E-state index contributed by atoms with van der Waals surface area (Å²) in [6.07, 6.45) is 7.74. The molecule has 0 aliphatic carbocycles. The molecular weight excluding hydrogens is 148 g/mol. The molecule has 0 heterocycles. The standard InChI is InChI=1S/C6H10.C5H8O/c1-4-6(3)5-2;1-3-4-5-6-2/h4H,1,3,5H2,2H3;3-5H,1H2,2H3. The second-order valence-corrected chi connectivity index (χ2v) is 2.02. The van der Waals surface area contributed by atoms with Crippen molar-refractivity contribution in [2.45, 2.75) is 13.3 Å². The van der Waals surface area contributed by atoms with Gasteiger partial charge in [0.25, 0.3) is 0 Å². The number of methoxy groups -OCH3 is 1. The van der Waals surface area contributed by atoms with Gasteiger partial charge in [0.1, 0.15) is 0 Å². The van der Waals surface area contributed by atoms with Crippen LogP contribution in [0.25, 0.3) is 0 Å². The Kier molecular flexibility index (Phi) is 13.8. The molecule has 0 fully saturated rings. The van der Waals surface area contributed by atoms with Gasteiger partial charge in [-0.2, -0.15) is 0 Å². The van der Waals surface area contributed by atoms with Crippen LogP contribution in [0.1, 0.15) is 13.3 Å². The van der Waals surface area contributed by atoms with E-state index < -0.39 is 0 Å². The van der Waals surface area contributed by atoms with Gasteiger partial charge in [-0.15, -0.1) is 0 Å². The number of allylic oxidation sites excluding steroid dienone is 4. The van der Waals surface area contributed by atoms with Gasteiger partial charge < -0.3 is 4.74 Å². The zero-order chi connectivity index (χ0) is 9.82. The molecule has 68 valence electrons. The molecule has 0 saturated heterocycles. The van der Waals surface area contributed by atoms with Crippen molar-refractivity contribution in [1.29, 1.82) is 0 Å². The molecule has 0 aromatic rings. The summed E-state index contributed by atoms with van der Waals surface area (Å²) in [5, 5.41) is 0. The van der Waals surface area contributed by atoms with Crippen molar-refractivity contribution >= 4 is 0 Å². The van der Waals surface area contributed by atoms with E-state index in [9.17, 15) is 0 Å². The van der Waals surface area contributed by atoms with E-state index in [0.29, 0.717) is 0 Å². The summed E-state index contributed by atoms with van der Waals surface area (Å²) in [5.41, 5.74) is 1.11. The van der Waals surface area contributed by atoms with Crippen LogP contribution in [0, 0.1) is 0 Å². The van der Waals surface area contributed by atoms with E-state index in [-0.39, 0.29) is 0 Å². The second-order valence-electron chi connectivity index (χ2n) is 2.02. The van der Waals surface area contributed by atoms with E-state index in [1.54, 1.807) is 31.6 Å². The highest BCUT2D eigenvalue weighted by atomic mass is 16.5. The van der Waals surface area contributed by atoms with Crippen molar-refractivity contribution in [2.75, 3.05) is 7.11 Å². The van der Waals surface area contributed by atoms with Crippen LogP contribution >= 0.6 is 0 Å². The Morgan fingerprint density at radius 2 is 2.00 bits per heavy atom. The molecule has 0 N–H and O–H groups in total. The lowest BCUT2D eigenvalue weighted by atomic mass is 10.2. The second kappa shape index (κ2) is 12.4. The summed E-state index contributed by atoms with van der Waals surface area (Å²) in [5.74, 6) is 0. The van der Waals surface area contributed by atoms with E-state index in [1.165, 1.54) is 0 Å². The largest absolute Gasteiger partial charge is 0.504 e. The summed E-state index contributed by atoms with van der Waals surface area (Å²) in [6.45, 7) is 12.7. The first-order valence-electron chi connectivity index (χ1n) is 3.83. The Balaban J connectivity index is 0. The minimum atomic E-state index is 1.02. The minimum absolute atomic E-state index is 1.02. The predicted octanol–water partition coefficient (Wildman–Crippen LogP) is 3.47. The molecule has 0 atom stereocenters. The third-order valence-electron chi connectivity index (χ3n) is 1.09. The maximum atomic E-state index is 4.53. The zero-order valence-corrected chi connectivity index (χ0v) is 8.05. The van der Waals surface area contributed by atoms with Gasteiger partial charge in [-0.05, 0) is 12.5 Å². The lowest BCUT2D eigenvalue weighted by Crippen LogP contribution is -1.62. The quantitative estimate of drug-likeness (QED) is 0.459. The maximum Gasteiger partial charge on any atom is 0.0824 e. The Morgan fingerprint density at radius 1 is 1.42 bits per heavy atom. The molecule has 0 spiro atoms. The average Bonchev–Trinajstić information content (AvgIpc) is 2.14. The lowest BCUT2D eigenvalue weighted by Gasteiger charge is -1.83. The van der Waals surface area contributed by atoms with Crippen LogP contribution in [-0.4, -0.2) is 7.11 Å². The minimum Gasteiger partial charge on any atom is -0.504 e. The highest BCUT2D eigenvalue weighted by Crippen LogP contribution is 1.93. The highest BCUT2D eigenvalue weighted by Gasteiger charge is 1.72. The highest BCUT2D eigenvalue weighted by molar-refractivity contribution is 5.09. The van der Waals surface area contributed by atoms with E-state index in [2.05, 4.69) is 31.4 Å². The topological polar surface area (TPSA) is 9.23 Å². The molecule has 0 amide bonds. The summed E-state index contributed by atoms with van der Waals surface area (Å²) in [6, 6.07) is 0. The molecule has 0 aromatic carbocycles. The van der Waals surface area contributed by atoms with Gasteiger partial charge >= 0.3 is 0 Å². The molecule has 0 aliphatic rings. The number of hydrogen-bond donors (Lipinski definition) is 0. The molecule has 1 nitrogen and oxygen atoms in total. The van der Waals surface area contributed by atoms with Crippen LogP contribution < -0.4 is 0 Å².